The van der Waals surface area contributed by atoms with Gasteiger partial charge in [0.25, 0.3) is 5.91 Å². The molecular weight excluding hydrogens is 262 g/mol. The Morgan fingerprint density at radius 3 is 2.90 bits per heavy atom. The first-order valence-corrected chi connectivity index (χ1v) is 6.09. The van der Waals surface area contributed by atoms with Gasteiger partial charge in [0.2, 0.25) is 5.75 Å². The second-order valence-corrected chi connectivity index (χ2v) is 3.97. The summed E-state index contributed by atoms with van der Waals surface area (Å²) < 4.78 is 5.36. The highest BCUT2D eigenvalue weighted by molar-refractivity contribution is 5.97. The highest BCUT2D eigenvalue weighted by atomic mass is 16.6. The molecule has 0 atom stereocenters. The van der Waals surface area contributed by atoms with Crippen LogP contribution in [0.5, 0.6) is 5.75 Å². The van der Waals surface area contributed by atoms with Gasteiger partial charge in [-0.1, -0.05) is 12.1 Å². The number of amides is 1. The molecule has 0 unspecified atom stereocenters. The van der Waals surface area contributed by atoms with Gasteiger partial charge < -0.3 is 15.8 Å². The molecule has 0 radical (unpaired) electrons. The van der Waals surface area contributed by atoms with E-state index in [0.29, 0.717) is 19.5 Å². The van der Waals surface area contributed by atoms with Crippen molar-refractivity contribution >= 4 is 11.6 Å². The second kappa shape index (κ2) is 7.90. The van der Waals surface area contributed by atoms with Gasteiger partial charge in [0, 0.05) is 12.6 Å². The zero-order valence-corrected chi connectivity index (χ0v) is 11.0. The highest BCUT2D eigenvalue weighted by Gasteiger charge is 2.21. The quantitative estimate of drug-likeness (QED) is 0.306. The predicted octanol–water partition coefficient (Wildman–Crippen LogP) is 1.24. The molecular formula is C13H17N3O4. The molecule has 0 bridgehead atoms. The molecule has 7 heteroatoms. The van der Waals surface area contributed by atoms with Crippen LogP contribution in [0.15, 0.2) is 30.9 Å². The summed E-state index contributed by atoms with van der Waals surface area (Å²) in [6.45, 7) is 5.17. The molecule has 1 rings (SSSR count). The van der Waals surface area contributed by atoms with Crippen molar-refractivity contribution in [2.45, 2.75) is 6.42 Å². The number of carbonyl (C=O) groups excluding carboxylic acids is 1. The van der Waals surface area contributed by atoms with Gasteiger partial charge in [-0.3, -0.25) is 14.9 Å². The van der Waals surface area contributed by atoms with Crippen LogP contribution in [0.1, 0.15) is 16.8 Å². The normalized spacial score (nSPS) is 10.0. The monoisotopic (exact) mass is 279 g/mol. The Bertz CT molecular complexity index is 470. The third-order valence-electron chi connectivity index (χ3n) is 2.49. The lowest BCUT2D eigenvalue weighted by Gasteiger charge is -2.10. The number of hydrogen-bond acceptors (Lipinski definition) is 5. The molecule has 0 heterocycles. The van der Waals surface area contributed by atoms with Crippen LogP contribution in [0.25, 0.3) is 0 Å². The SMILES string of the molecule is C=CCNCCCOc1c(C(N)=O)cccc1[N+](=O)[O-]. The Morgan fingerprint density at radius 2 is 2.30 bits per heavy atom. The number of nitro benzene ring substituents is 1. The van der Waals surface area contributed by atoms with Crippen LogP contribution in [0.2, 0.25) is 0 Å². The minimum absolute atomic E-state index is 0.0123. The summed E-state index contributed by atoms with van der Waals surface area (Å²) in [6, 6.07) is 4.08. The summed E-state index contributed by atoms with van der Waals surface area (Å²) in [5, 5.41) is 14.0. The van der Waals surface area contributed by atoms with E-state index in [0.717, 1.165) is 0 Å². The van der Waals surface area contributed by atoms with Crippen molar-refractivity contribution in [3.8, 4) is 5.75 Å². The lowest BCUT2D eigenvalue weighted by molar-refractivity contribution is -0.385. The van der Waals surface area contributed by atoms with Crippen molar-refractivity contribution in [2.24, 2.45) is 5.73 Å². The lowest BCUT2D eigenvalue weighted by atomic mass is 10.1. The summed E-state index contributed by atoms with van der Waals surface area (Å²) in [6.07, 6.45) is 2.37. The number of hydrogen-bond donors (Lipinski definition) is 2. The molecule has 3 N–H and O–H groups in total. The summed E-state index contributed by atoms with van der Waals surface area (Å²) >= 11 is 0. The van der Waals surface area contributed by atoms with Gasteiger partial charge in [-0.25, -0.2) is 0 Å². The molecule has 0 fully saturated rings. The molecule has 1 aromatic rings. The average Bonchev–Trinajstić information content (AvgIpc) is 2.42. The van der Waals surface area contributed by atoms with E-state index in [2.05, 4.69) is 11.9 Å². The molecule has 0 spiro atoms. The van der Waals surface area contributed by atoms with Crippen LogP contribution < -0.4 is 15.8 Å². The maximum absolute atomic E-state index is 11.3. The molecule has 0 saturated carbocycles. The highest BCUT2D eigenvalue weighted by Crippen LogP contribution is 2.30. The van der Waals surface area contributed by atoms with Crippen LogP contribution in [0.4, 0.5) is 5.69 Å². The van der Waals surface area contributed by atoms with Gasteiger partial charge in [-0.05, 0) is 19.0 Å². The Balaban J connectivity index is 2.73. The summed E-state index contributed by atoms with van der Waals surface area (Å²) in [5.74, 6) is -0.831. The van der Waals surface area contributed by atoms with Crippen LogP contribution >= 0.6 is 0 Å². The Labute approximate surface area is 116 Å². The number of nitrogens with one attached hydrogen (secondary N) is 1. The third-order valence-corrected chi connectivity index (χ3v) is 2.49. The molecule has 0 aliphatic heterocycles. The number of para-hydroxylation sites is 1. The summed E-state index contributed by atoms with van der Waals surface area (Å²) in [4.78, 5) is 21.6. The van der Waals surface area contributed by atoms with Crippen molar-refractivity contribution < 1.29 is 14.5 Å². The fraction of sp³-hybridized carbons (Fsp3) is 0.308. The van der Waals surface area contributed by atoms with Gasteiger partial charge in [0.15, 0.2) is 0 Å². The average molecular weight is 279 g/mol. The molecule has 0 aromatic heterocycles. The fourth-order valence-corrected chi connectivity index (χ4v) is 1.59. The van der Waals surface area contributed by atoms with Crippen molar-refractivity contribution in [1.29, 1.82) is 0 Å². The predicted molar refractivity (Wildman–Crippen MR) is 74.8 cm³/mol. The van der Waals surface area contributed by atoms with E-state index >= 15 is 0 Å². The molecule has 7 nitrogen and oxygen atoms in total. The van der Waals surface area contributed by atoms with Crippen molar-refractivity contribution in [3.05, 3.63) is 46.5 Å². The number of carbonyl (C=O) groups is 1. The summed E-state index contributed by atoms with van der Waals surface area (Å²) in [7, 11) is 0. The van der Waals surface area contributed by atoms with Crippen LogP contribution in [0.3, 0.4) is 0 Å². The number of nitro groups is 1. The zero-order chi connectivity index (χ0) is 15.0. The first kappa shape index (κ1) is 15.6. The van der Waals surface area contributed by atoms with Gasteiger partial charge >= 0.3 is 5.69 Å². The fourth-order valence-electron chi connectivity index (χ4n) is 1.59. The maximum atomic E-state index is 11.3. The number of rotatable bonds is 9. The molecule has 0 aliphatic rings. The zero-order valence-electron chi connectivity index (χ0n) is 11.0. The Hall–Kier alpha value is -2.41. The summed E-state index contributed by atoms with van der Waals surface area (Å²) in [5.41, 5.74) is 4.94. The molecule has 108 valence electrons. The van der Waals surface area contributed by atoms with Crippen molar-refractivity contribution in [1.82, 2.24) is 5.32 Å². The first-order valence-electron chi connectivity index (χ1n) is 6.09. The molecule has 1 aromatic carbocycles. The molecule has 0 aliphatic carbocycles. The number of nitrogens with zero attached hydrogens (tertiary/aromatic N) is 1. The molecule has 1 amide bonds. The van der Waals surface area contributed by atoms with Gasteiger partial charge in [-0.15, -0.1) is 6.58 Å². The minimum Gasteiger partial charge on any atom is -0.486 e. The smallest absolute Gasteiger partial charge is 0.311 e. The topological polar surface area (TPSA) is 107 Å². The minimum atomic E-state index is -0.756. The van der Waals surface area contributed by atoms with Crippen LogP contribution in [0, 0.1) is 10.1 Å². The largest absolute Gasteiger partial charge is 0.486 e. The van der Waals surface area contributed by atoms with E-state index in [1.165, 1.54) is 18.2 Å². The third kappa shape index (κ3) is 4.36. The van der Waals surface area contributed by atoms with E-state index in [1.807, 2.05) is 0 Å². The Morgan fingerprint density at radius 1 is 1.55 bits per heavy atom. The molecule has 20 heavy (non-hydrogen) atoms. The van der Waals surface area contributed by atoms with Gasteiger partial charge in [0.1, 0.15) is 0 Å². The number of primary amides is 1. The van der Waals surface area contributed by atoms with Gasteiger partial charge in [0.05, 0.1) is 17.1 Å². The van der Waals surface area contributed by atoms with Gasteiger partial charge in [-0.2, -0.15) is 0 Å². The maximum Gasteiger partial charge on any atom is 0.311 e. The Kier molecular flexibility index (Phi) is 6.18. The second-order valence-electron chi connectivity index (χ2n) is 3.97. The van der Waals surface area contributed by atoms with E-state index in [-0.39, 0.29) is 23.6 Å². The van der Waals surface area contributed by atoms with Crippen LogP contribution in [-0.4, -0.2) is 30.5 Å². The first-order chi connectivity index (χ1) is 9.57. The number of benzene rings is 1. The van der Waals surface area contributed by atoms with Crippen LogP contribution in [-0.2, 0) is 0 Å². The number of ether oxygens (including phenoxy) is 1. The standard InChI is InChI=1S/C13H17N3O4/c1-2-7-15-8-4-9-20-12-10(13(14)17)5-3-6-11(12)16(18)19/h2-3,5-6,15H,1,4,7-9H2,(H2,14,17). The lowest BCUT2D eigenvalue weighted by Crippen LogP contribution is -2.18. The van der Waals surface area contributed by atoms with E-state index in [1.54, 1.807) is 6.08 Å². The van der Waals surface area contributed by atoms with E-state index in [9.17, 15) is 14.9 Å². The number of nitrogens with two attached hydrogens (primary N) is 1. The van der Waals surface area contributed by atoms with E-state index in [4.69, 9.17) is 10.5 Å². The van der Waals surface area contributed by atoms with E-state index < -0.39 is 10.8 Å². The van der Waals surface area contributed by atoms with Crippen molar-refractivity contribution in [2.75, 3.05) is 19.7 Å². The van der Waals surface area contributed by atoms with Crippen molar-refractivity contribution in [3.63, 3.8) is 0 Å². The molecule has 0 saturated heterocycles.